The fourth-order valence-corrected chi connectivity index (χ4v) is 1.86. The average molecular weight is 314 g/mol. The van der Waals surface area contributed by atoms with Gasteiger partial charge in [-0.15, -0.1) is 0 Å². The Labute approximate surface area is 112 Å². The van der Waals surface area contributed by atoms with Gasteiger partial charge in [0.2, 0.25) is 5.95 Å². The van der Waals surface area contributed by atoms with Gasteiger partial charge in [0.25, 0.3) is 0 Å². The number of nitrogens with zero attached hydrogens (tertiary/aromatic N) is 3. The molecule has 0 aliphatic carbocycles. The first-order valence-corrected chi connectivity index (χ1v) is 6.23. The number of benzene rings is 1. The van der Waals surface area contributed by atoms with Gasteiger partial charge in [-0.25, -0.2) is 4.98 Å². The number of hydrogen-bond acceptors (Lipinski definition) is 4. The van der Waals surface area contributed by atoms with Gasteiger partial charge in [0, 0.05) is 16.5 Å². The fourth-order valence-electron chi connectivity index (χ4n) is 1.36. The molecule has 0 unspecified atom stereocenters. The third-order valence-electron chi connectivity index (χ3n) is 2.19. The molecule has 0 aliphatic rings. The zero-order valence-electron chi connectivity index (χ0n) is 9.11. The van der Waals surface area contributed by atoms with E-state index in [1.54, 1.807) is 6.07 Å². The van der Waals surface area contributed by atoms with Gasteiger partial charge in [0.15, 0.2) is 5.82 Å². The summed E-state index contributed by atoms with van der Waals surface area (Å²) in [5.74, 6) is 1.48. The van der Waals surface area contributed by atoms with Crippen molar-refractivity contribution in [3.8, 4) is 11.4 Å². The van der Waals surface area contributed by atoms with E-state index in [0.717, 1.165) is 10.0 Å². The minimum atomic E-state index is 0.234. The monoisotopic (exact) mass is 312 g/mol. The van der Waals surface area contributed by atoms with Crippen molar-refractivity contribution in [2.24, 2.45) is 0 Å². The van der Waals surface area contributed by atoms with Gasteiger partial charge < -0.3 is 5.73 Å². The van der Waals surface area contributed by atoms with Gasteiger partial charge >= 0.3 is 0 Å². The number of nitrogens with two attached hydrogens (primary N) is 1. The van der Waals surface area contributed by atoms with Crippen molar-refractivity contribution in [1.29, 1.82) is 0 Å². The van der Waals surface area contributed by atoms with Crippen LogP contribution in [0.3, 0.4) is 0 Å². The Kier molecular flexibility index (Phi) is 3.59. The maximum absolute atomic E-state index is 5.93. The summed E-state index contributed by atoms with van der Waals surface area (Å²) in [4.78, 5) is 12.5. The van der Waals surface area contributed by atoms with E-state index in [0.29, 0.717) is 23.1 Å². The summed E-state index contributed by atoms with van der Waals surface area (Å²) >= 11 is 9.30. The predicted molar refractivity (Wildman–Crippen MR) is 71.8 cm³/mol. The molecule has 0 amide bonds. The molecule has 0 bridgehead atoms. The second kappa shape index (κ2) is 4.98. The first-order valence-electron chi connectivity index (χ1n) is 5.06. The molecule has 0 atom stereocenters. The van der Waals surface area contributed by atoms with Gasteiger partial charge in [-0.1, -0.05) is 18.5 Å². The number of hydrogen-bond donors (Lipinski definition) is 1. The highest BCUT2D eigenvalue weighted by Crippen LogP contribution is 2.27. The summed E-state index contributed by atoms with van der Waals surface area (Å²) in [6, 6.07) is 5.49. The lowest BCUT2D eigenvalue weighted by molar-refractivity contribution is 0.913. The molecule has 0 radical (unpaired) electrons. The Morgan fingerprint density at radius 1 is 1.29 bits per heavy atom. The molecule has 0 saturated heterocycles. The van der Waals surface area contributed by atoms with Crippen molar-refractivity contribution >= 4 is 33.5 Å². The van der Waals surface area contributed by atoms with E-state index in [1.165, 1.54) is 0 Å². The van der Waals surface area contributed by atoms with E-state index in [1.807, 2.05) is 19.1 Å². The van der Waals surface area contributed by atoms with Crippen molar-refractivity contribution < 1.29 is 0 Å². The molecule has 2 rings (SSSR count). The normalized spacial score (nSPS) is 10.5. The molecule has 0 aliphatic heterocycles. The standard InChI is InChI=1S/C11H10BrClN4/c1-2-9-15-10(17-11(14)16-9)6-3-4-8(13)7(12)5-6/h3-5H,2H2,1H3,(H2,14,15,16,17). The maximum Gasteiger partial charge on any atom is 0.223 e. The quantitative estimate of drug-likeness (QED) is 0.925. The third kappa shape index (κ3) is 2.73. The van der Waals surface area contributed by atoms with E-state index in [-0.39, 0.29) is 5.95 Å². The van der Waals surface area contributed by atoms with E-state index < -0.39 is 0 Å². The van der Waals surface area contributed by atoms with Crippen LogP contribution in [0.1, 0.15) is 12.7 Å². The van der Waals surface area contributed by atoms with Crippen molar-refractivity contribution in [3.05, 3.63) is 33.5 Å². The fraction of sp³-hybridized carbons (Fsp3) is 0.182. The number of aromatic nitrogens is 3. The molecular formula is C11H10BrClN4. The number of nitrogen functional groups attached to an aromatic ring is 1. The lowest BCUT2D eigenvalue weighted by atomic mass is 10.2. The van der Waals surface area contributed by atoms with E-state index in [4.69, 9.17) is 17.3 Å². The van der Waals surface area contributed by atoms with Crippen molar-refractivity contribution in [2.45, 2.75) is 13.3 Å². The Morgan fingerprint density at radius 3 is 2.71 bits per heavy atom. The Morgan fingerprint density at radius 2 is 2.06 bits per heavy atom. The van der Waals surface area contributed by atoms with E-state index in [9.17, 15) is 0 Å². The topological polar surface area (TPSA) is 64.7 Å². The van der Waals surface area contributed by atoms with Crippen LogP contribution in [0.15, 0.2) is 22.7 Å². The highest BCUT2D eigenvalue weighted by molar-refractivity contribution is 9.10. The highest BCUT2D eigenvalue weighted by Gasteiger charge is 2.07. The minimum absolute atomic E-state index is 0.234. The second-order valence-electron chi connectivity index (χ2n) is 3.42. The molecule has 1 aromatic carbocycles. The molecule has 4 nitrogen and oxygen atoms in total. The van der Waals surface area contributed by atoms with Crippen LogP contribution < -0.4 is 5.73 Å². The van der Waals surface area contributed by atoms with Gasteiger partial charge in [0.1, 0.15) is 5.82 Å². The molecule has 2 N–H and O–H groups in total. The zero-order valence-corrected chi connectivity index (χ0v) is 11.5. The molecule has 2 aromatic rings. The molecule has 0 saturated carbocycles. The molecule has 6 heteroatoms. The van der Waals surface area contributed by atoms with Crippen LogP contribution in [0.5, 0.6) is 0 Å². The summed E-state index contributed by atoms with van der Waals surface area (Å²) < 4.78 is 0.800. The minimum Gasteiger partial charge on any atom is -0.368 e. The molecule has 0 fully saturated rings. The highest BCUT2D eigenvalue weighted by atomic mass is 79.9. The molecule has 88 valence electrons. The van der Waals surface area contributed by atoms with Gasteiger partial charge in [-0.2, -0.15) is 9.97 Å². The van der Waals surface area contributed by atoms with Gasteiger partial charge in [0.05, 0.1) is 5.02 Å². The Bertz CT molecular complexity index is 559. The first-order chi connectivity index (χ1) is 8.10. The third-order valence-corrected chi connectivity index (χ3v) is 3.41. The molecule has 17 heavy (non-hydrogen) atoms. The number of anilines is 1. The number of rotatable bonds is 2. The van der Waals surface area contributed by atoms with E-state index in [2.05, 4.69) is 30.9 Å². The molecule has 0 spiro atoms. The van der Waals surface area contributed by atoms with Crippen LogP contribution in [-0.4, -0.2) is 15.0 Å². The summed E-state index contributed by atoms with van der Waals surface area (Å²) in [5, 5.41) is 0.645. The van der Waals surface area contributed by atoms with Crippen molar-refractivity contribution in [3.63, 3.8) is 0 Å². The summed E-state index contributed by atoms with van der Waals surface area (Å²) in [5.41, 5.74) is 6.49. The van der Waals surface area contributed by atoms with Gasteiger partial charge in [-0.05, 0) is 34.1 Å². The molecule has 1 aromatic heterocycles. The van der Waals surface area contributed by atoms with E-state index >= 15 is 0 Å². The van der Waals surface area contributed by atoms with Crippen LogP contribution in [0.4, 0.5) is 5.95 Å². The number of aryl methyl sites for hydroxylation is 1. The average Bonchev–Trinajstić information content (AvgIpc) is 2.32. The summed E-state index contributed by atoms with van der Waals surface area (Å²) in [6.07, 6.45) is 0.717. The van der Waals surface area contributed by atoms with Crippen molar-refractivity contribution in [1.82, 2.24) is 15.0 Å². The van der Waals surface area contributed by atoms with Crippen LogP contribution in [0, 0.1) is 0 Å². The predicted octanol–water partition coefficient (Wildman–Crippen LogP) is 3.10. The maximum atomic E-state index is 5.93. The second-order valence-corrected chi connectivity index (χ2v) is 4.68. The largest absolute Gasteiger partial charge is 0.368 e. The lowest BCUT2D eigenvalue weighted by Gasteiger charge is -2.04. The molecule has 1 heterocycles. The molecular weight excluding hydrogens is 304 g/mol. The van der Waals surface area contributed by atoms with Crippen LogP contribution in [-0.2, 0) is 6.42 Å². The summed E-state index contributed by atoms with van der Waals surface area (Å²) in [7, 11) is 0. The van der Waals surface area contributed by atoms with Gasteiger partial charge in [-0.3, -0.25) is 0 Å². The SMILES string of the molecule is CCc1nc(N)nc(-c2ccc(Cl)c(Br)c2)n1. The Hall–Kier alpha value is -1.20. The first kappa shape index (κ1) is 12.3. The van der Waals surface area contributed by atoms with Crippen LogP contribution in [0.25, 0.3) is 11.4 Å². The number of halogens is 2. The van der Waals surface area contributed by atoms with Crippen LogP contribution >= 0.6 is 27.5 Å². The smallest absolute Gasteiger partial charge is 0.223 e. The summed E-state index contributed by atoms with van der Waals surface area (Å²) in [6.45, 7) is 1.97. The van der Waals surface area contributed by atoms with Crippen molar-refractivity contribution in [2.75, 3.05) is 5.73 Å². The Balaban J connectivity index is 2.52. The lowest BCUT2D eigenvalue weighted by Crippen LogP contribution is -2.04. The van der Waals surface area contributed by atoms with Crippen LogP contribution in [0.2, 0.25) is 5.02 Å². The zero-order chi connectivity index (χ0) is 12.4.